The minimum Gasteiger partial charge on any atom is -0.386 e. The molecule has 1 aliphatic carbocycles. The highest BCUT2D eigenvalue weighted by atomic mass is 16.2. The molecule has 3 aromatic rings. The third-order valence-electron chi connectivity index (χ3n) is 7.54. The van der Waals surface area contributed by atoms with Gasteiger partial charge in [-0.25, -0.2) is 0 Å². The number of anilines is 1. The third kappa shape index (κ3) is 4.16. The number of rotatable bonds is 5. The fourth-order valence-corrected chi connectivity index (χ4v) is 5.67. The molecule has 1 fully saturated rings. The zero-order chi connectivity index (χ0) is 23.8. The summed E-state index contributed by atoms with van der Waals surface area (Å²) in [6.45, 7) is 0.573. The second-order valence-corrected chi connectivity index (χ2v) is 9.81. The van der Waals surface area contributed by atoms with Gasteiger partial charge in [0.05, 0.1) is 12.6 Å². The van der Waals surface area contributed by atoms with Crippen LogP contribution in [0.2, 0.25) is 0 Å². The van der Waals surface area contributed by atoms with Gasteiger partial charge in [0.2, 0.25) is 0 Å². The van der Waals surface area contributed by atoms with E-state index in [2.05, 4.69) is 51.2 Å². The molecule has 1 amide bonds. The maximum Gasteiger partial charge on any atom is 0.268 e. The molecule has 1 aromatic heterocycles. The van der Waals surface area contributed by atoms with Crippen LogP contribution in [0.1, 0.15) is 53.7 Å². The van der Waals surface area contributed by atoms with Gasteiger partial charge >= 0.3 is 0 Å². The van der Waals surface area contributed by atoms with Crippen molar-refractivity contribution in [3.8, 4) is 0 Å². The number of benzene rings is 2. The molecular weight excluding hydrogens is 424 g/mol. The lowest BCUT2D eigenvalue weighted by molar-refractivity contribution is 0.0917. The Morgan fingerprint density at radius 3 is 2.59 bits per heavy atom. The van der Waals surface area contributed by atoms with Crippen molar-refractivity contribution in [3.63, 3.8) is 0 Å². The monoisotopic (exact) mass is 458 g/mol. The Hall–Kier alpha value is -3.32. The van der Waals surface area contributed by atoms with Crippen molar-refractivity contribution in [3.05, 3.63) is 65.4 Å². The fraction of sp³-hybridized carbons (Fsp3) is 0.407. The predicted octanol–water partition coefficient (Wildman–Crippen LogP) is 3.38. The summed E-state index contributed by atoms with van der Waals surface area (Å²) in [5.74, 6) is 1.11. The number of amides is 1. The molecule has 5 rings (SSSR count). The van der Waals surface area contributed by atoms with E-state index in [0.29, 0.717) is 12.2 Å². The molecule has 34 heavy (non-hydrogen) atoms. The fourth-order valence-electron chi connectivity index (χ4n) is 5.67. The number of nitrogens with one attached hydrogen (secondary N) is 2. The Morgan fingerprint density at radius 2 is 1.82 bits per heavy atom. The summed E-state index contributed by atoms with van der Waals surface area (Å²) < 4.78 is 2.12. The maximum absolute atomic E-state index is 13.6. The number of hydrogen-bond donors (Lipinski definition) is 4. The van der Waals surface area contributed by atoms with E-state index in [1.807, 2.05) is 19.2 Å². The summed E-state index contributed by atoms with van der Waals surface area (Å²) >= 11 is 0. The first-order valence-corrected chi connectivity index (χ1v) is 12.2. The molecule has 0 radical (unpaired) electrons. The van der Waals surface area contributed by atoms with Crippen LogP contribution in [0.15, 0.2) is 48.5 Å². The summed E-state index contributed by atoms with van der Waals surface area (Å²) in [6, 6.07) is 16.9. The minimum atomic E-state index is -0.163. The van der Waals surface area contributed by atoms with Crippen molar-refractivity contribution < 1.29 is 4.79 Å². The van der Waals surface area contributed by atoms with Gasteiger partial charge in [0, 0.05) is 19.1 Å². The van der Waals surface area contributed by atoms with Gasteiger partial charge in [-0.1, -0.05) is 42.5 Å². The number of carbonyl (C=O) groups excluding carboxylic acids is 1. The maximum atomic E-state index is 13.6. The van der Waals surface area contributed by atoms with Crippen LogP contribution in [0, 0.1) is 5.41 Å². The minimum absolute atomic E-state index is 0.0390. The van der Waals surface area contributed by atoms with Crippen LogP contribution in [0.5, 0.6) is 0 Å². The molecule has 7 nitrogen and oxygen atoms in total. The lowest BCUT2D eigenvalue weighted by Gasteiger charge is -2.35. The SMILES string of the molecule is CN1c2c(cc(C(=O)N[C@H]3CC[C@@H](N)CC3)n2Cc2cccc3ccccc23)CCC1C(=N)N. The average Bonchev–Trinajstić information content (AvgIpc) is 3.20. The highest BCUT2D eigenvalue weighted by molar-refractivity contribution is 5.95. The van der Waals surface area contributed by atoms with E-state index in [9.17, 15) is 4.79 Å². The third-order valence-corrected chi connectivity index (χ3v) is 7.54. The van der Waals surface area contributed by atoms with Crippen LogP contribution < -0.4 is 21.7 Å². The van der Waals surface area contributed by atoms with Crippen LogP contribution in [0.4, 0.5) is 5.82 Å². The Balaban J connectivity index is 1.54. The zero-order valence-corrected chi connectivity index (χ0v) is 19.8. The summed E-state index contributed by atoms with van der Waals surface area (Å²) in [5.41, 5.74) is 15.0. The summed E-state index contributed by atoms with van der Waals surface area (Å²) in [5, 5.41) is 13.7. The van der Waals surface area contributed by atoms with Gasteiger partial charge in [-0.3, -0.25) is 10.2 Å². The molecule has 1 saturated carbocycles. The second kappa shape index (κ2) is 9.14. The Kier molecular flexibility index (Phi) is 6.04. The molecule has 178 valence electrons. The quantitative estimate of drug-likeness (QED) is 0.347. The number of likely N-dealkylation sites (N-methyl/N-ethyl adjacent to an activating group) is 1. The number of nitrogens with zero attached hydrogens (tertiary/aromatic N) is 2. The van der Waals surface area contributed by atoms with Crippen LogP contribution in [0.3, 0.4) is 0 Å². The van der Waals surface area contributed by atoms with Crippen LogP contribution in [-0.2, 0) is 13.0 Å². The van der Waals surface area contributed by atoms with E-state index in [0.717, 1.165) is 55.5 Å². The number of fused-ring (bicyclic) bond motifs is 2. The molecule has 1 aliphatic heterocycles. The van der Waals surface area contributed by atoms with E-state index >= 15 is 0 Å². The number of aryl methyl sites for hydroxylation is 1. The van der Waals surface area contributed by atoms with Gasteiger partial charge in [0.25, 0.3) is 5.91 Å². The first-order valence-electron chi connectivity index (χ1n) is 12.2. The molecule has 1 unspecified atom stereocenters. The van der Waals surface area contributed by atoms with Crippen molar-refractivity contribution in [2.45, 2.75) is 63.2 Å². The number of amidine groups is 1. The topological polar surface area (TPSA) is 113 Å². The molecule has 2 aromatic carbocycles. The number of carbonyl (C=O) groups is 1. The molecule has 2 heterocycles. The van der Waals surface area contributed by atoms with Gasteiger partial charge in [-0.15, -0.1) is 0 Å². The van der Waals surface area contributed by atoms with Crippen LogP contribution >= 0.6 is 0 Å². The predicted molar refractivity (Wildman–Crippen MR) is 138 cm³/mol. The van der Waals surface area contributed by atoms with E-state index in [1.165, 1.54) is 10.8 Å². The lowest BCUT2D eigenvalue weighted by Crippen LogP contribution is -2.46. The van der Waals surface area contributed by atoms with E-state index in [-0.39, 0.29) is 29.9 Å². The van der Waals surface area contributed by atoms with E-state index < -0.39 is 0 Å². The summed E-state index contributed by atoms with van der Waals surface area (Å²) in [7, 11) is 1.98. The van der Waals surface area contributed by atoms with Gasteiger partial charge < -0.3 is 26.3 Å². The summed E-state index contributed by atoms with van der Waals surface area (Å²) in [4.78, 5) is 15.6. The molecular formula is C27H34N6O. The summed E-state index contributed by atoms with van der Waals surface area (Å²) in [6.07, 6.45) is 5.30. The van der Waals surface area contributed by atoms with Gasteiger partial charge in [-0.2, -0.15) is 0 Å². The molecule has 7 heteroatoms. The van der Waals surface area contributed by atoms with Crippen LogP contribution in [-0.4, -0.2) is 41.5 Å². The second-order valence-electron chi connectivity index (χ2n) is 9.81. The number of aromatic nitrogens is 1. The largest absolute Gasteiger partial charge is 0.386 e. The Bertz CT molecular complexity index is 1220. The molecule has 0 spiro atoms. The normalized spacial score (nSPS) is 22.4. The van der Waals surface area contributed by atoms with Crippen molar-refractivity contribution in [1.82, 2.24) is 9.88 Å². The van der Waals surface area contributed by atoms with Gasteiger partial charge in [-0.05, 0) is 66.5 Å². The molecule has 1 atom stereocenters. The number of hydrogen-bond acceptors (Lipinski definition) is 4. The molecule has 0 saturated heterocycles. The first-order chi connectivity index (χ1) is 16.4. The van der Waals surface area contributed by atoms with E-state index in [1.54, 1.807) is 0 Å². The molecule has 6 N–H and O–H groups in total. The Labute approximate surface area is 200 Å². The standard InChI is InChI=1S/C27H34N6O/c1-32-23(25(29)30)14-9-18-15-24(26(34)31-21-12-10-20(28)11-13-21)33(27(18)32)16-19-7-4-6-17-5-2-3-8-22(17)19/h2-8,15,20-21,23H,9-14,16,28H2,1H3,(H3,29,30)(H,31,34)/t20-,21+,23?. The lowest BCUT2D eigenvalue weighted by atomic mass is 9.92. The van der Waals surface area contributed by atoms with Crippen molar-refractivity contribution in [2.75, 3.05) is 11.9 Å². The first kappa shape index (κ1) is 22.5. The van der Waals surface area contributed by atoms with Gasteiger partial charge in [0.15, 0.2) is 0 Å². The highest BCUT2D eigenvalue weighted by Gasteiger charge is 2.32. The number of nitrogens with two attached hydrogens (primary N) is 2. The van der Waals surface area contributed by atoms with Crippen LogP contribution in [0.25, 0.3) is 10.8 Å². The highest BCUT2D eigenvalue weighted by Crippen LogP contribution is 2.34. The van der Waals surface area contributed by atoms with Crippen molar-refractivity contribution >= 4 is 28.3 Å². The molecule has 0 bridgehead atoms. The van der Waals surface area contributed by atoms with E-state index in [4.69, 9.17) is 16.9 Å². The average molecular weight is 459 g/mol. The molecule has 2 aliphatic rings. The smallest absolute Gasteiger partial charge is 0.268 e. The Morgan fingerprint density at radius 1 is 1.09 bits per heavy atom. The van der Waals surface area contributed by atoms with Crippen molar-refractivity contribution in [2.24, 2.45) is 11.5 Å². The van der Waals surface area contributed by atoms with Crippen molar-refractivity contribution in [1.29, 1.82) is 5.41 Å². The van der Waals surface area contributed by atoms with Gasteiger partial charge in [0.1, 0.15) is 17.3 Å². The zero-order valence-electron chi connectivity index (χ0n) is 19.8.